The van der Waals surface area contributed by atoms with Crippen LogP contribution < -0.4 is 10.9 Å². The predicted octanol–water partition coefficient (Wildman–Crippen LogP) is 3.46. The standard InChI is InChI=1S/C23H25N3O3/c1-17(2)29-23(28)21(24-25-22(27)19-12-7-4-8-13-19)20-14-9-15-26(20)16-18-10-5-3-6-11-18/h3-15,17,21,24H,16H2,1-2H3,(H,25,27)/t21-/m0/s1. The van der Waals surface area contributed by atoms with Crippen LogP contribution >= 0.6 is 0 Å². The summed E-state index contributed by atoms with van der Waals surface area (Å²) in [5, 5.41) is 0. The number of ether oxygens (including phenoxy) is 1. The normalized spacial score (nSPS) is 11.8. The molecule has 1 atom stereocenters. The number of rotatable bonds is 8. The fourth-order valence-electron chi connectivity index (χ4n) is 2.97. The molecule has 3 rings (SSSR count). The fraction of sp³-hybridized carbons (Fsp3) is 0.217. The summed E-state index contributed by atoms with van der Waals surface area (Å²) < 4.78 is 7.37. The quantitative estimate of drug-likeness (QED) is 0.456. The van der Waals surface area contributed by atoms with Gasteiger partial charge in [0, 0.05) is 24.0 Å². The second-order valence-corrected chi connectivity index (χ2v) is 6.93. The van der Waals surface area contributed by atoms with Crippen molar-refractivity contribution >= 4 is 11.9 Å². The van der Waals surface area contributed by atoms with E-state index in [1.165, 1.54) is 0 Å². The van der Waals surface area contributed by atoms with Gasteiger partial charge in [0.05, 0.1) is 6.10 Å². The Kier molecular flexibility index (Phi) is 6.81. The van der Waals surface area contributed by atoms with Crippen LogP contribution in [-0.4, -0.2) is 22.5 Å². The molecule has 150 valence electrons. The molecule has 0 aliphatic heterocycles. The van der Waals surface area contributed by atoms with Crippen molar-refractivity contribution in [1.82, 2.24) is 15.4 Å². The van der Waals surface area contributed by atoms with Crippen molar-refractivity contribution in [3.05, 3.63) is 95.8 Å². The summed E-state index contributed by atoms with van der Waals surface area (Å²) in [5.74, 6) is -0.782. The summed E-state index contributed by atoms with van der Waals surface area (Å²) in [6, 6.07) is 21.6. The third kappa shape index (κ3) is 5.56. The molecule has 1 heterocycles. The molecule has 2 N–H and O–H groups in total. The average molecular weight is 391 g/mol. The molecule has 0 saturated carbocycles. The molecule has 6 nitrogen and oxygen atoms in total. The lowest BCUT2D eigenvalue weighted by Crippen LogP contribution is -2.44. The van der Waals surface area contributed by atoms with Crippen LogP contribution in [0.15, 0.2) is 79.0 Å². The van der Waals surface area contributed by atoms with Crippen LogP contribution in [-0.2, 0) is 16.1 Å². The van der Waals surface area contributed by atoms with Crippen molar-refractivity contribution in [2.45, 2.75) is 32.5 Å². The molecule has 0 radical (unpaired) electrons. The maximum Gasteiger partial charge on any atom is 0.331 e. The lowest BCUT2D eigenvalue weighted by Gasteiger charge is -2.21. The molecule has 0 saturated heterocycles. The number of amides is 1. The topological polar surface area (TPSA) is 72.4 Å². The van der Waals surface area contributed by atoms with Gasteiger partial charge in [0.2, 0.25) is 0 Å². The van der Waals surface area contributed by atoms with Crippen molar-refractivity contribution < 1.29 is 14.3 Å². The lowest BCUT2D eigenvalue weighted by molar-refractivity contribution is -0.150. The molecule has 0 bridgehead atoms. The third-order valence-electron chi connectivity index (χ3n) is 4.31. The highest BCUT2D eigenvalue weighted by Crippen LogP contribution is 2.18. The van der Waals surface area contributed by atoms with Crippen LogP contribution in [0.1, 0.15) is 41.5 Å². The summed E-state index contributed by atoms with van der Waals surface area (Å²) in [6.07, 6.45) is 1.63. The third-order valence-corrected chi connectivity index (χ3v) is 4.31. The number of hydrogen-bond donors (Lipinski definition) is 2. The smallest absolute Gasteiger partial charge is 0.331 e. The number of hydrogen-bond acceptors (Lipinski definition) is 4. The van der Waals surface area contributed by atoms with Crippen molar-refractivity contribution in [2.75, 3.05) is 0 Å². The van der Waals surface area contributed by atoms with Gasteiger partial charge in [-0.3, -0.25) is 10.2 Å². The first-order valence-corrected chi connectivity index (χ1v) is 9.55. The Bertz CT molecular complexity index is 936. The number of carbonyl (C=O) groups excluding carboxylic acids is 2. The molecular formula is C23H25N3O3. The molecule has 1 amide bonds. The predicted molar refractivity (Wildman–Crippen MR) is 111 cm³/mol. The summed E-state index contributed by atoms with van der Waals surface area (Å²) in [4.78, 5) is 25.2. The number of nitrogens with one attached hydrogen (secondary N) is 2. The molecular weight excluding hydrogens is 366 g/mol. The Morgan fingerprint density at radius 3 is 2.24 bits per heavy atom. The van der Waals surface area contributed by atoms with Gasteiger partial charge in [-0.05, 0) is 43.7 Å². The Hall–Kier alpha value is -3.38. The monoisotopic (exact) mass is 391 g/mol. The van der Waals surface area contributed by atoms with Gasteiger partial charge in [-0.25, -0.2) is 10.2 Å². The largest absolute Gasteiger partial charge is 0.461 e. The number of carbonyl (C=O) groups is 2. The summed E-state index contributed by atoms with van der Waals surface area (Å²) in [5.41, 5.74) is 7.79. The van der Waals surface area contributed by atoms with Crippen molar-refractivity contribution in [3.63, 3.8) is 0 Å². The van der Waals surface area contributed by atoms with Gasteiger partial charge >= 0.3 is 5.97 Å². The highest BCUT2D eigenvalue weighted by Gasteiger charge is 2.26. The number of esters is 1. The van der Waals surface area contributed by atoms with E-state index < -0.39 is 12.0 Å². The molecule has 29 heavy (non-hydrogen) atoms. The van der Waals surface area contributed by atoms with E-state index in [1.807, 2.05) is 59.3 Å². The van der Waals surface area contributed by atoms with Crippen molar-refractivity contribution in [1.29, 1.82) is 0 Å². The van der Waals surface area contributed by atoms with Crippen LogP contribution in [0.4, 0.5) is 0 Å². The maximum absolute atomic E-state index is 12.8. The van der Waals surface area contributed by atoms with E-state index in [4.69, 9.17) is 4.74 Å². The van der Waals surface area contributed by atoms with Crippen LogP contribution in [0.25, 0.3) is 0 Å². The molecule has 6 heteroatoms. The zero-order valence-electron chi connectivity index (χ0n) is 16.5. The zero-order chi connectivity index (χ0) is 20.6. The molecule has 0 unspecified atom stereocenters. The Morgan fingerprint density at radius 1 is 0.931 bits per heavy atom. The first-order chi connectivity index (χ1) is 14.0. The Morgan fingerprint density at radius 2 is 1.59 bits per heavy atom. The molecule has 0 fully saturated rings. The van der Waals surface area contributed by atoms with E-state index in [-0.39, 0.29) is 12.0 Å². The number of aromatic nitrogens is 1. The molecule has 0 aliphatic carbocycles. The fourth-order valence-corrected chi connectivity index (χ4v) is 2.97. The van der Waals surface area contributed by atoms with Crippen LogP contribution in [0.2, 0.25) is 0 Å². The van der Waals surface area contributed by atoms with E-state index >= 15 is 0 Å². The van der Waals surface area contributed by atoms with Crippen molar-refractivity contribution in [2.24, 2.45) is 0 Å². The van der Waals surface area contributed by atoms with E-state index in [1.54, 1.807) is 38.1 Å². The molecule has 3 aromatic rings. The van der Waals surface area contributed by atoms with E-state index in [9.17, 15) is 9.59 Å². The van der Waals surface area contributed by atoms with Gasteiger partial charge in [0.1, 0.15) is 0 Å². The van der Waals surface area contributed by atoms with Crippen LogP contribution in [0.3, 0.4) is 0 Å². The van der Waals surface area contributed by atoms with E-state index in [0.29, 0.717) is 17.8 Å². The molecule has 1 aromatic heterocycles. The van der Waals surface area contributed by atoms with Gasteiger partial charge in [-0.1, -0.05) is 48.5 Å². The lowest BCUT2D eigenvalue weighted by atomic mass is 10.2. The van der Waals surface area contributed by atoms with E-state index in [0.717, 1.165) is 5.56 Å². The van der Waals surface area contributed by atoms with Gasteiger partial charge in [0.15, 0.2) is 6.04 Å². The van der Waals surface area contributed by atoms with Crippen molar-refractivity contribution in [3.8, 4) is 0 Å². The Labute approximate surface area is 170 Å². The minimum Gasteiger partial charge on any atom is -0.461 e. The Balaban J connectivity index is 1.80. The van der Waals surface area contributed by atoms with Gasteiger partial charge in [0.25, 0.3) is 5.91 Å². The van der Waals surface area contributed by atoms with Crippen LogP contribution in [0.5, 0.6) is 0 Å². The molecule has 2 aromatic carbocycles. The highest BCUT2D eigenvalue weighted by atomic mass is 16.5. The van der Waals surface area contributed by atoms with Gasteiger partial charge in [-0.15, -0.1) is 0 Å². The summed E-state index contributed by atoms with van der Waals surface area (Å²) >= 11 is 0. The van der Waals surface area contributed by atoms with Crippen LogP contribution in [0, 0.1) is 0 Å². The van der Waals surface area contributed by atoms with E-state index in [2.05, 4.69) is 10.9 Å². The highest BCUT2D eigenvalue weighted by molar-refractivity contribution is 5.94. The first kappa shape index (κ1) is 20.4. The summed E-state index contributed by atoms with van der Waals surface area (Å²) in [7, 11) is 0. The number of nitrogens with zero attached hydrogens (tertiary/aromatic N) is 1. The molecule has 0 spiro atoms. The first-order valence-electron chi connectivity index (χ1n) is 9.55. The minimum atomic E-state index is -0.844. The van der Waals surface area contributed by atoms with Gasteiger partial charge < -0.3 is 9.30 Å². The minimum absolute atomic E-state index is 0.269. The second-order valence-electron chi connectivity index (χ2n) is 6.93. The average Bonchev–Trinajstić information content (AvgIpc) is 3.16. The molecule has 0 aliphatic rings. The second kappa shape index (κ2) is 9.71. The SMILES string of the molecule is CC(C)OC(=O)[C@@H](NNC(=O)c1ccccc1)c1cccn1Cc1ccccc1. The number of hydrazine groups is 1. The summed E-state index contributed by atoms with van der Waals surface area (Å²) in [6.45, 7) is 4.18. The van der Waals surface area contributed by atoms with Gasteiger partial charge in [-0.2, -0.15) is 0 Å². The maximum atomic E-state index is 12.8. The zero-order valence-corrected chi connectivity index (χ0v) is 16.5. The number of benzene rings is 2.